The first-order valence-electron chi connectivity index (χ1n) is 8.21. The number of rotatable bonds is 5. The van der Waals surface area contributed by atoms with Crippen molar-refractivity contribution >= 4 is 17.3 Å². The van der Waals surface area contributed by atoms with Crippen LogP contribution in [0.3, 0.4) is 0 Å². The van der Waals surface area contributed by atoms with Crippen molar-refractivity contribution in [1.29, 1.82) is 0 Å². The van der Waals surface area contributed by atoms with Crippen LogP contribution in [0.15, 0.2) is 36.4 Å². The number of aryl methyl sites for hydroxylation is 2. The lowest BCUT2D eigenvalue weighted by atomic mass is 9.92. The summed E-state index contributed by atoms with van der Waals surface area (Å²) in [6, 6.07) is 12.5. The predicted molar refractivity (Wildman–Crippen MR) is 99.2 cm³/mol. The molecule has 0 spiro atoms. The molecular formula is C20H26N2O. The number of nitrogens with one attached hydrogen (secondary N) is 1. The smallest absolute Gasteiger partial charge is 0.221 e. The quantitative estimate of drug-likeness (QED) is 0.862. The van der Waals surface area contributed by atoms with Crippen LogP contribution in [-0.2, 0) is 4.79 Å². The summed E-state index contributed by atoms with van der Waals surface area (Å²) in [4.78, 5) is 14.0. The molecule has 0 radical (unpaired) electrons. The molecule has 0 atom stereocenters. The van der Waals surface area contributed by atoms with Crippen molar-refractivity contribution < 1.29 is 4.79 Å². The van der Waals surface area contributed by atoms with Gasteiger partial charge in [0.1, 0.15) is 0 Å². The number of hydrogen-bond acceptors (Lipinski definition) is 2. The monoisotopic (exact) mass is 310 g/mol. The fraction of sp³-hybridized carbons (Fsp3) is 0.350. The van der Waals surface area contributed by atoms with Gasteiger partial charge in [0, 0.05) is 42.5 Å². The van der Waals surface area contributed by atoms with Crippen LogP contribution >= 0.6 is 0 Å². The fourth-order valence-electron chi connectivity index (χ4n) is 3.10. The van der Waals surface area contributed by atoms with E-state index in [1.807, 2.05) is 12.1 Å². The molecule has 0 aliphatic rings. The Morgan fingerprint density at radius 2 is 1.52 bits per heavy atom. The van der Waals surface area contributed by atoms with Crippen molar-refractivity contribution in [1.82, 2.24) is 0 Å². The molecule has 2 aromatic carbocycles. The highest BCUT2D eigenvalue weighted by Crippen LogP contribution is 2.40. The highest BCUT2D eigenvalue weighted by atomic mass is 16.1. The van der Waals surface area contributed by atoms with Gasteiger partial charge in [-0.15, -0.1) is 0 Å². The minimum atomic E-state index is -0.0465. The molecule has 2 aromatic rings. The zero-order valence-corrected chi connectivity index (χ0v) is 14.7. The molecule has 0 aromatic heterocycles. The minimum absolute atomic E-state index is 0.0465. The summed E-state index contributed by atoms with van der Waals surface area (Å²) < 4.78 is 0. The molecule has 0 unspecified atom stereocenters. The molecule has 1 N–H and O–H groups in total. The molecule has 2 rings (SSSR count). The van der Waals surface area contributed by atoms with Gasteiger partial charge in [-0.25, -0.2) is 0 Å². The lowest BCUT2D eigenvalue weighted by Gasteiger charge is -2.27. The van der Waals surface area contributed by atoms with Gasteiger partial charge in [0.05, 0.1) is 0 Å². The highest BCUT2D eigenvalue weighted by Gasteiger charge is 2.17. The van der Waals surface area contributed by atoms with Crippen LogP contribution in [0.2, 0.25) is 0 Å². The number of anilines is 2. The van der Waals surface area contributed by atoms with Crippen molar-refractivity contribution in [2.45, 2.75) is 34.6 Å². The lowest BCUT2D eigenvalue weighted by Crippen LogP contribution is -2.23. The van der Waals surface area contributed by atoms with Gasteiger partial charge in [0.25, 0.3) is 0 Å². The van der Waals surface area contributed by atoms with E-state index in [-0.39, 0.29) is 5.91 Å². The summed E-state index contributed by atoms with van der Waals surface area (Å²) in [5, 5.41) is 2.98. The molecule has 0 aliphatic carbocycles. The average molecular weight is 310 g/mol. The Hall–Kier alpha value is -2.29. The third-order valence-electron chi connectivity index (χ3n) is 4.19. The third kappa shape index (κ3) is 3.55. The van der Waals surface area contributed by atoms with Crippen molar-refractivity contribution in [2.75, 3.05) is 23.3 Å². The number of carbonyl (C=O) groups is 1. The first-order valence-corrected chi connectivity index (χ1v) is 8.21. The van der Waals surface area contributed by atoms with Crippen LogP contribution in [0, 0.1) is 13.8 Å². The molecule has 0 saturated carbocycles. The summed E-state index contributed by atoms with van der Waals surface area (Å²) in [7, 11) is 0. The Kier molecular flexibility index (Phi) is 5.43. The van der Waals surface area contributed by atoms with E-state index < -0.39 is 0 Å². The topological polar surface area (TPSA) is 32.3 Å². The summed E-state index contributed by atoms with van der Waals surface area (Å²) in [5.41, 5.74) is 6.80. The normalized spacial score (nSPS) is 10.5. The first kappa shape index (κ1) is 17.1. The fourth-order valence-corrected chi connectivity index (χ4v) is 3.10. The van der Waals surface area contributed by atoms with E-state index in [0.29, 0.717) is 0 Å². The van der Waals surface area contributed by atoms with Crippen LogP contribution in [0.5, 0.6) is 0 Å². The van der Waals surface area contributed by atoms with E-state index in [0.717, 1.165) is 24.3 Å². The van der Waals surface area contributed by atoms with Crippen LogP contribution in [-0.4, -0.2) is 19.0 Å². The standard InChI is InChI=1S/C20H26N2O/c1-6-22(7-2)18-13-9-11-15(4)20(18)19-14(3)10-8-12-17(19)21-16(5)23/h8-13H,6-7H2,1-5H3,(H,21,23). The van der Waals surface area contributed by atoms with Crippen molar-refractivity contribution in [2.24, 2.45) is 0 Å². The van der Waals surface area contributed by atoms with E-state index in [1.54, 1.807) is 6.92 Å². The van der Waals surface area contributed by atoms with Crippen molar-refractivity contribution in [3.63, 3.8) is 0 Å². The maximum atomic E-state index is 11.6. The average Bonchev–Trinajstić information content (AvgIpc) is 2.50. The van der Waals surface area contributed by atoms with E-state index in [4.69, 9.17) is 0 Å². The van der Waals surface area contributed by atoms with Crippen molar-refractivity contribution in [3.8, 4) is 11.1 Å². The summed E-state index contributed by atoms with van der Waals surface area (Å²) >= 11 is 0. The maximum Gasteiger partial charge on any atom is 0.221 e. The molecule has 0 heterocycles. The third-order valence-corrected chi connectivity index (χ3v) is 4.19. The molecule has 1 amide bonds. The molecule has 3 nitrogen and oxygen atoms in total. The highest BCUT2D eigenvalue weighted by molar-refractivity contribution is 5.98. The van der Waals surface area contributed by atoms with Crippen LogP contribution in [0.4, 0.5) is 11.4 Å². The van der Waals surface area contributed by atoms with Crippen LogP contribution in [0.1, 0.15) is 31.9 Å². The summed E-state index contributed by atoms with van der Waals surface area (Å²) in [6.07, 6.45) is 0. The van der Waals surface area contributed by atoms with Gasteiger partial charge in [-0.3, -0.25) is 4.79 Å². The van der Waals surface area contributed by atoms with Crippen LogP contribution < -0.4 is 10.2 Å². The van der Waals surface area contributed by atoms with Gasteiger partial charge >= 0.3 is 0 Å². The minimum Gasteiger partial charge on any atom is -0.372 e. The molecular weight excluding hydrogens is 284 g/mol. The molecule has 0 bridgehead atoms. The second-order valence-corrected chi connectivity index (χ2v) is 5.82. The molecule has 23 heavy (non-hydrogen) atoms. The Balaban J connectivity index is 2.74. The van der Waals surface area contributed by atoms with Gasteiger partial charge in [0.15, 0.2) is 0 Å². The zero-order valence-electron chi connectivity index (χ0n) is 14.7. The largest absolute Gasteiger partial charge is 0.372 e. The number of nitrogens with zero attached hydrogens (tertiary/aromatic N) is 1. The van der Waals surface area contributed by atoms with Gasteiger partial charge in [-0.1, -0.05) is 24.3 Å². The number of carbonyl (C=O) groups excluding carboxylic acids is 1. The van der Waals surface area contributed by atoms with E-state index in [9.17, 15) is 4.79 Å². The first-order chi connectivity index (χ1) is 11.0. The Bertz CT molecular complexity index is 703. The summed E-state index contributed by atoms with van der Waals surface area (Å²) in [5.74, 6) is -0.0465. The van der Waals surface area contributed by atoms with Crippen molar-refractivity contribution in [3.05, 3.63) is 47.5 Å². The van der Waals surface area contributed by atoms with Gasteiger partial charge in [0.2, 0.25) is 5.91 Å². The molecule has 3 heteroatoms. The predicted octanol–water partition coefficient (Wildman–Crippen LogP) is 4.78. The summed E-state index contributed by atoms with van der Waals surface area (Å²) in [6.45, 7) is 12.0. The zero-order chi connectivity index (χ0) is 17.0. The molecule has 122 valence electrons. The number of amides is 1. The van der Waals surface area contributed by atoms with E-state index in [2.05, 4.69) is 62.2 Å². The number of hydrogen-bond donors (Lipinski definition) is 1. The number of benzene rings is 2. The SMILES string of the molecule is CCN(CC)c1cccc(C)c1-c1c(C)cccc1NC(C)=O. The van der Waals surface area contributed by atoms with Gasteiger partial charge < -0.3 is 10.2 Å². The molecule has 0 saturated heterocycles. The Labute approximate surface area is 139 Å². The second-order valence-electron chi connectivity index (χ2n) is 5.82. The second kappa shape index (κ2) is 7.32. The molecule has 0 fully saturated rings. The Morgan fingerprint density at radius 3 is 2.09 bits per heavy atom. The van der Waals surface area contributed by atoms with E-state index in [1.165, 1.54) is 22.4 Å². The maximum absolute atomic E-state index is 11.6. The van der Waals surface area contributed by atoms with E-state index >= 15 is 0 Å². The van der Waals surface area contributed by atoms with Gasteiger partial charge in [-0.2, -0.15) is 0 Å². The van der Waals surface area contributed by atoms with Crippen LogP contribution in [0.25, 0.3) is 11.1 Å². The lowest BCUT2D eigenvalue weighted by molar-refractivity contribution is -0.114. The molecule has 0 aliphatic heterocycles. The van der Waals surface area contributed by atoms with Gasteiger partial charge in [-0.05, 0) is 51.0 Å². The Morgan fingerprint density at radius 1 is 0.957 bits per heavy atom.